The third-order valence-corrected chi connectivity index (χ3v) is 3.12. The Kier molecular flexibility index (Phi) is 4.20. The number of hydrogen-bond donors (Lipinski definition) is 2. The van der Waals surface area contributed by atoms with Crippen LogP contribution in [0.2, 0.25) is 0 Å². The molecule has 0 aromatic carbocycles. The standard InChI is InChI=1S/C10H21N3O/c1-3-9(7-10(11)12-14)13-6-4-5-8(13)2/h8-9,14H,3-7H2,1-2H3,(H2,11,12). The van der Waals surface area contributed by atoms with Crippen LogP contribution in [-0.2, 0) is 0 Å². The Hall–Kier alpha value is -0.770. The lowest BCUT2D eigenvalue weighted by molar-refractivity contribution is 0.187. The zero-order valence-corrected chi connectivity index (χ0v) is 9.11. The predicted octanol–water partition coefficient (Wildman–Crippen LogP) is 1.39. The summed E-state index contributed by atoms with van der Waals surface area (Å²) in [5, 5.41) is 11.6. The fraction of sp³-hybridized carbons (Fsp3) is 0.900. The molecule has 4 nitrogen and oxygen atoms in total. The van der Waals surface area contributed by atoms with Crippen LogP contribution in [0.15, 0.2) is 5.16 Å². The van der Waals surface area contributed by atoms with Crippen molar-refractivity contribution in [3.8, 4) is 0 Å². The zero-order valence-electron chi connectivity index (χ0n) is 9.11. The highest BCUT2D eigenvalue weighted by Crippen LogP contribution is 2.22. The first-order valence-electron chi connectivity index (χ1n) is 5.41. The minimum Gasteiger partial charge on any atom is -0.409 e. The van der Waals surface area contributed by atoms with E-state index in [0.29, 0.717) is 24.3 Å². The third kappa shape index (κ3) is 2.61. The maximum atomic E-state index is 8.53. The number of amidine groups is 1. The van der Waals surface area contributed by atoms with Crippen LogP contribution in [0.4, 0.5) is 0 Å². The van der Waals surface area contributed by atoms with Crippen LogP contribution in [0.25, 0.3) is 0 Å². The van der Waals surface area contributed by atoms with Crippen molar-refractivity contribution in [1.29, 1.82) is 0 Å². The predicted molar refractivity (Wildman–Crippen MR) is 57.5 cm³/mol. The van der Waals surface area contributed by atoms with E-state index in [2.05, 4.69) is 23.9 Å². The van der Waals surface area contributed by atoms with Gasteiger partial charge in [-0.2, -0.15) is 0 Å². The van der Waals surface area contributed by atoms with Gasteiger partial charge in [-0.15, -0.1) is 0 Å². The van der Waals surface area contributed by atoms with Gasteiger partial charge in [-0.25, -0.2) is 0 Å². The van der Waals surface area contributed by atoms with Crippen LogP contribution in [0.5, 0.6) is 0 Å². The Balaban J connectivity index is 2.52. The van der Waals surface area contributed by atoms with Gasteiger partial charge in [-0.3, -0.25) is 4.90 Å². The van der Waals surface area contributed by atoms with E-state index in [9.17, 15) is 0 Å². The number of nitrogens with two attached hydrogens (primary N) is 1. The van der Waals surface area contributed by atoms with E-state index in [1.54, 1.807) is 0 Å². The van der Waals surface area contributed by atoms with E-state index in [0.717, 1.165) is 13.0 Å². The Labute approximate surface area is 85.8 Å². The summed E-state index contributed by atoms with van der Waals surface area (Å²) >= 11 is 0. The fourth-order valence-corrected chi connectivity index (χ4v) is 2.28. The highest BCUT2D eigenvalue weighted by molar-refractivity contribution is 5.80. The lowest BCUT2D eigenvalue weighted by atomic mass is 10.1. The molecule has 0 bridgehead atoms. The maximum absolute atomic E-state index is 8.53. The third-order valence-electron chi connectivity index (χ3n) is 3.12. The topological polar surface area (TPSA) is 61.9 Å². The quantitative estimate of drug-likeness (QED) is 0.311. The van der Waals surface area contributed by atoms with Crippen LogP contribution in [0.3, 0.4) is 0 Å². The summed E-state index contributed by atoms with van der Waals surface area (Å²) in [5.74, 6) is 0.343. The minimum absolute atomic E-state index is 0.343. The summed E-state index contributed by atoms with van der Waals surface area (Å²) in [6.45, 7) is 5.56. The molecule has 2 atom stereocenters. The smallest absolute Gasteiger partial charge is 0.140 e. The first kappa shape index (κ1) is 11.3. The van der Waals surface area contributed by atoms with Crippen LogP contribution in [0, 0.1) is 0 Å². The average Bonchev–Trinajstić information content (AvgIpc) is 2.60. The summed E-state index contributed by atoms with van der Waals surface area (Å²) in [6, 6.07) is 1.08. The van der Waals surface area contributed by atoms with E-state index in [-0.39, 0.29) is 0 Å². The Bertz CT molecular complexity index is 206. The second-order valence-electron chi connectivity index (χ2n) is 4.09. The molecule has 1 rings (SSSR count). The molecule has 0 aromatic rings. The van der Waals surface area contributed by atoms with Crippen molar-refractivity contribution in [1.82, 2.24) is 4.90 Å². The fourth-order valence-electron chi connectivity index (χ4n) is 2.28. The molecule has 0 amide bonds. The summed E-state index contributed by atoms with van der Waals surface area (Å²) in [7, 11) is 0. The van der Waals surface area contributed by atoms with Crippen molar-refractivity contribution in [2.45, 2.75) is 51.6 Å². The van der Waals surface area contributed by atoms with Crippen LogP contribution in [0.1, 0.15) is 39.5 Å². The van der Waals surface area contributed by atoms with Gasteiger partial charge in [0.05, 0.1) is 0 Å². The molecule has 0 spiro atoms. The zero-order chi connectivity index (χ0) is 10.6. The highest BCUT2D eigenvalue weighted by Gasteiger charge is 2.27. The minimum atomic E-state index is 0.343. The largest absolute Gasteiger partial charge is 0.409 e. The molecule has 1 aliphatic heterocycles. The molecular formula is C10H21N3O. The normalized spacial score (nSPS) is 26.7. The molecule has 4 heteroatoms. The van der Waals surface area contributed by atoms with E-state index >= 15 is 0 Å². The monoisotopic (exact) mass is 199 g/mol. The number of oxime groups is 1. The van der Waals surface area contributed by atoms with Crippen molar-refractivity contribution < 1.29 is 5.21 Å². The van der Waals surface area contributed by atoms with Crippen LogP contribution >= 0.6 is 0 Å². The van der Waals surface area contributed by atoms with Gasteiger partial charge in [0.25, 0.3) is 0 Å². The van der Waals surface area contributed by atoms with Crippen molar-refractivity contribution in [2.75, 3.05) is 6.54 Å². The maximum Gasteiger partial charge on any atom is 0.140 e. The summed E-state index contributed by atoms with van der Waals surface area (Å²) in [4.78, 5) is 2.47. The summed E-state index contributed by atoms with van der Waals surface area (Å²) in [6.07, 6.45) is 4.28. The van der Waals surface area contributed by atoms with E-state index in [4.69, 9.17) is 10.9 Å². The summed E-state index contributed by atoms with van der Waals surface area (Å²) < 4.78 is 0. The van der Waals surface area contributed by atoms with E-state index < -0.39 is 0 Å². The second kappa shape index (κ2) is 5.20. The van der Waals surface area contributed by atoms with Crippen LogP contribution in [-0.4, -0.2) is 34.6 Å². The van der Waals surface area contributed by atoms with Crippen molar-refractivity contribution in [3.63, 3.8) is 0 Å². The number of rotatable bonds is 4. The van der Waals surface area contributed by atoms with Crippen molar-refractivity contribution in [3.05, 3.63) is 0 Å². The molecule has 0 aliphatic carbocycles. The van der Waals surface area contributed by atoms with Gasteiger partial charge < -0.3 is 10.9 Å². The molecule has 0 radical (unpaired) electrons. The molecular weight excluding hydrogens is 178 g/mol. The van der Waals surface area contributed by atoms with Gasteiger partial charge in [-0.1, -0.05) is 12.1 Å². The Morgan fingerprint density at radius 3 is 2.86 bits per heavy atom. The molecule has 82 valence electrons. The molecule has 1 heterocycles. The van der Waals surface area contributed by atoms with Gasteiger partial charge in [-0.05, 0) is 32.7 Å². The Morgan fingerprint density at radius 1 is 1.71 bits per heavy atom. The first-order valence-corrected chi connectivity index (χ1v) is 5.41. The molecule has 1 aliphatic rings. The number of likely N-dealkylation sites (tertiary alicyclic amines) is 1. The first-order chi connectivity index (χ1) is 6.69. The molecule has 0 saturated carbocycles. The van der Waals surface area contributed by atoms with Gasteiger partial charge in [0, 0.05) is 18.5 Å². The highest BCUT2D eigenvalue weighted by atomic mass is 16.4. The van der Waals surface area contributed by atoms with E-state index in [1.807, 2.05) is 0 Å². The molecule has 3 N–H and O–H groups in total. The van der Waals surface area contributed by atoms with E-state index in [1.165, 1.54) is 12.8 Å². The van der Waals surface area contributed by atoms with Gasteiger partial charge in [0.1, 0.15) is 5.84 Å². The van der Waals surface area contributed by atoms with Gasteiger partial charge in [0.2, 0.25) is 0 Å². The molecule has 1 saturated heterocycles. The van der Waals surface area contributed by atoms with Crippen molar-refractivity contribution in [2.24, 2.45) is 10.9 Å². The Morgan fingerprint density at radius 2 is 2.43 bits per heavy atom. The molecule has 2 unspecified atom stereocenters. The number of nitrogens with zero attached hydrogens (tertiary/aromatic N) is 2. The molecule has 1 fully saturated rings. The van der Waals surface area contributed by atoms with Gasteiger partial charge in [0.15, 0.2) is 0 Å². The molecule has 0 aromatic heterocycles. The van der Waals surface area contributed by atoms with Gasteiger partial charge >= 0.3 is 0 Å². The van der Waals surface area contributed by atoms with Crippen LogP contribution < -0.4 is 5.73 Å². The van der Waals surface area contributed by atoms with Crippen molar-refractivity contribution >= 4 is 5.84 Å². The summed E-state index contributed by atoms with van der Waals surface area (Å²) in [5.41, 5.74) is 5.54. The lowest BCUT2D eigenvalue weighted by Crippen LogP contribution is -2.39. The molecule has 14 heavy (non-hydrogen) atoms. The SMILES string of the molecule is CCC(C/C(N)=N/O)N1CCCC1C. The average molecular weight is 199 g/mol. The number of hydrogen-bond acceptors (Lipinski definition) is 3. The lowest BCUT2D eigenvalue weighted by Gasteiger charge is -2.30. The second-order valence-corrected chi connectivity index (χ2v) is 4.09.